The zero-order chi connectivity index (χ0) is 12.1. The first-order valence-corrected chi connectivity index (χ1v) is 5.37. The van der Waals surface area contributed by atoms with Crippen LogP contribution in [0.3, 0.4) is 0 Å². The van der Waals surface area contributed by atoms with E-state index in [0.29, 0.717) is 12.8 Å². The predicted molar refractivity (Wildman–Crippen MR) is 53.6 cm³/mol. The number of hydrogen-bond donors (Lipinski definition) is 3. The standard InChI is InChI=1S/C10H18O6/c1-2-3-8(13)15-5-7(12)10-9(14)6(11)4-16-10/h6-7,9-12,14H,2-5H2,1H3. The van der Waals surface area contributed by atoms with Gasteiger partial charge in [0.25, 0.3) is 0 Å². The summed E-state index contributed by atoms with van der Waals surface area (Å²) >= 11 is 0. The second-order valence-electron chi connectivity index (χ2n) is 3.86. The molecule has 1 heterocycles. The summed E-state index contributed by atoms with van der Waals surface area (Å²) in [5.41, 5.74) is 0. The summed E-state index contributed by atoms with van der Waals surface area (Å²) in [6.45, 7) is 1.59. The molecule has 0 bridgehead atoms. The lowest BCUT2D eigenvalue weighted by molar-refractivity contribution is -0.151. The van der Waals surface area contributed by atoms with Gasteiger partial charge < -0.3 is 24.8 Å². The van der Waals surface area contributed by atoms with Crippen LogP contribution in [0, 0.1) is 0 Å². The van der Waals surface area contributed by atoms with Gasteiger partial charge in [-0.15, -0.1) is 0 Å². The maximum absolute atomic E-state index is 11.0. The van der Waals surface area contributed by atoms with Crippen molar-refractivity contribution >= 4 is 5.97 Å². The van der Waals surface area contributed by atoms with Crippen molar-refractivity contribution in [3.63, 3.8) is 0 Å². The van der Waals surface area contributed by atoms with Gasteiger partial charge in [-0.1, -0.05) is 6.92 Å². The van der Waals surface area contributed by atoms with E-state index < -0.39 is 30.4 Å². The quantitative estimate of drug-likeness (QED) is 0.518. The number of carbonyl (C=O) groups excluding carboxylic acids is 1. The minimum Gasteiger partial charge on any atom is -0.463 e. The fourth-order valence-electron chi connectivity index (χ4n) is 1.51. The Bertz CT molecular complexity index is 231. The van der Waals surface area contributed by atoms with Gasteiger partial charge in [-0.3, -0.25) is 4.79 Å². The number of carbonyl (C=O) groups is 1. The largest absolute Gasteiger partial charge is 0.463 e. The molecule has 94 valence electrons. The maximum Gasteiger partial charge on any atom is 0.305 e. The first-order chi connectivity index (χ1) is 7.56. The molecule has 16 heavy (non-hydrogen) atoms. The van der Waals surface area contributed by atoms with Gasteiger partial charge in [-0.25, -0.2) is 0 Å². The van der Waals surface area contributed by atoms with E-state index in [0.717, 1.165) is 0 Å². The fourth-order valence-corrected chi connectivity index (χ4v) is 1.51. The first kappa shape index (κ1) is 13.4. The van der Waals surface area contributed by atoms with Crippen molar-refractivity contribution in [2.24, 2.45) is 0 Å². The lowest BCUT2D eigenvalue weighted by Crippen LogP contribution is -2.41. The minimum absolute atomic E-state index is 0.0220. The van der Waals surface area contributed by atoms with E-state index in [4.69, 9.17) is 9.47 Å². The van der Waals surface area contributed by atoms with Gasteiger partial charge in [-0.05, 0) is 6.42 Å². The molecule has 1 aliphatic rings. The summed E-state index contributed by atoms with van der Waals surface area (Å²) in [5.74, 6) is -0.394. The summed E-state index contributed by atoms with van der Waals surface area (Å²) in [4.78, 5) is 11.0. The zero-order valence-corrected chi connectivity index (χ0v) is 9.20. The molecule has 4 unspecified atom stereocenters. The van der Waals surface area contributed by atoms with Gasteiger partial charge in [0.1, 0.15) is 31.0 Å². The van der Waals surface area contributed by atoms with E-state index in [1.807, 2.05) is 6.92 Å². The SMILES string of the molecule is CCCC(=O)OCC(O)C1OCC(O)C1O. The molecule has 0 radical (unpaired) electrons. The van der Waals surface area contributed by atoms with Crippen molar-refractivity contribution in [3.05, 3.63) is 0 Å². The Morgan fingerprint density at radius 3 is 2.75 bits per heavy atom. The van der Waals surface area contributed by atoms with E-state index in [2.05, 4.69) is 0 Å². The summed E-state index contributed by atoms with van der Waals surface area (Å²) in [6, 6.07) is 0. The van der Waals surface area contributed by atoms with Gasteiger partial charge in [0.15, 0.2) is 0 Å². The Kier molecular flexibility index (Phi) is 5.14. The second-order valence-corrected chi connectivity index (χ2v) is 3.86. The molecule has 6 heteroatoms. The molecule has 6 nitrogen and oxygen atoms in total. The molecule has 0 saturated carbocycles. The van der Waals surface area contributed by atoms with Gasteiger partial charge in [0.2, 0.25) is 0 Å². The number of rotatable bonds is 5. The van der Waals surface area contributed by atoms with Crippen LogP contribution in [0.1, 0.15) is 19.8 Å². The molecule has 0 spiro atoms. The molecule has 0 aromatic carbocycles. The molecule has 3 N–H and O–H groups in total. The molecule has 1 aliphatic heterocycles. The highest BCUT2D eigenvalue weighted by Crippen LogP contribution is 2.17. The van der Waals surface area contributed by atoms with Crippen LogP contribution in [0.15, 0.2) is 0 Å². The molecule has 0 aromatic heterocycles. The van der Waals surface area contributed by atoms with Crippen molar-refractivity contribution in [1.29, 1.82) is 0 Å². The Morgan fingerprint density at radius 1 is 1.56 bits per heavy atom. The fraction of sp³-hybridized carbons (Fsp3) is 0.900. The normalized spacial score (nSPS) is 31.4. The third kappa shape index (κ3) is 3.41. The van der Waals surface area contributed by atoms with Crippen LogP contribution in [0.25, 0.3) is 0 Å². The van der Waals surface area contributed by atoms with Crippen LogP contribution in [0.2, 0.25) is 0 Å². The average molecular weight is 234 g/mol. The van der Waals surface area contributed by atoms with Crippen molar-refractivity contribution in [1.82, 2.24) is 0 Å². The molecule has 0 aromatic rings. The van der Waals surface area contributed by atoms with Gasteiger partial charge in [0.05, 0.1) is 6.61 Å². The van der Waals surface area contributed by atoms with Crippen LogP contribution in [-0.2, 0) is 14.3 Å². The molecule has 0 aliphatic carbocycles. The van der Waals surface area contributed by atoms with Crippen LogP contribution >= 0.6 is 0 Å². The van der Waals surface area contributed by atoms with Gasteiger partial charge in [-0.2, -0.15) is 0 Å². The topological polar surface area (TPSA) is 96.2 Å². The van der Waals surface area contributed by atoms with E-state index >= 15 is 0 Å². The van der Waals surface area contributed by atoms with Crippen molar-refractivity contribution in [2.45, 2.75) is 44.2 Å². The Hall–Kier alpha value is -0.690. The van der Waals surface area contributed by atoms with Crippen molar-refractivity contribution in [3.8, 4) is 0 Å². The van der Waals surface area contributed by atoms with E-state index in [1.165, 1.54) is 0 Å². The summed E-state index contributed by atoms with van der Waals surface area (Å²) in [6.07, 6.45) is -3.18. The highest BCUT2D eigenvalue weighted by molar-refractivity contribution is 5.69. The average Bonchev–Trinajstić information content (AvgIpc) is 2.57. The molecular formula is C10H18O6. The zero-order valence-electron chi connectivity index (χ0n) is 9.20. The number of ether oxygens (including phenoxy) is 2. The lowest BCUT2D eigenvalue weighted by atomic mass is 10.1. The summed E-state index contributed by atoms with van der Waals surface area (Å²) in [5, 5.41) is 28.2. The van der Waals surface area contributed by atoms with Crippen LogP contribution in [-0.4, -0.2) is 58.9 Å². The van der Waals surface area contributed by atoms with E-state index in [1.54, 1.807) is 0 Å². The molecule has 4 atom stereocenters. The lowest BCUT2D eigenvalue weighted by Gasteiger charge is -2.20. The number of aliphatic hydroxyl groups excluding tert-OH is 3. The number of esters is 1. The highest BCUT2D eigenvalue weighted by Gasteiger charge is 2.39. The van der Waals surface area contributed by atoms with E-state index in [9.17, 15) is 20.1 Å². The predicted octanol–water partition coefficient (Wildman–Crippen LogP) is -1.19. The van der Waals surface area contributed by atoms with E-state index in [-0.39, 0.29) is 13.2 Å². The van der Waals surface area contributed by atoms with Crippen LogP contribution < -0.4 is 0 Å². The van der Waals surface area contributed by atoms with Crippen molar-refractivity contribution < 1.29 is 29.6 Å². The monoisotopic (exact) mass is 234 g/mol. The second kappa shape index (κ2) is 6.15. The van der Waals surface area contributed by atoms with Gasteiger partial charge >= 0.3 is 5.97 Å². The van der Waals surface area contributed by atoms with Crippen LogP contribution in [0.5, 0.6) is 0 Å². The Balaban J connectivity index is 2.30. The van der Waals surface area contributed by atoms with Crippen molar-refractivity contribution in [2.75, 3.05) is 13.2 Å². The molecule has 1 saturated heterocycles. The maximum atomic E-state index is 11.0. The third-order valence-corrected chi connectivity index (χ3v) is 2.44. The molecular weight excluding hydrogens is 216 g/mol. The third-order valence-electron chi connectivity index (χ3n) is 2.44. The first-order valence-electron chi connectivity index (χ1n) is 5.37. The molecule has 1 rings (SSSR count). The Labute approximate surface area is 93.8 Å². The number of aliphatic hydroxyl groups is 3. The Morgan fingerprint density at radius 2 is 2.25 bits per heavy atom. The molecule has 1 fully saturated rings. The number of hydrogen-bond acceptors (Lipinski definition) is 6. The summed E-state index contributed by atoms with van der Waals surface area (Å²) in [7, 11) is 0. The highest BCUT2D eigenvalue weighted by atomic mass is 16.6. The van der Waals surface area contributed by atoms with Gasteiger partial charge in [0, 0.05) is 6.42 Å². The van der Waals surface area contributed by atoms with Crippen LogP contribution in [0.4, 0.5) is 0 Å². The smallest absolute Gasteiger partial charge is 0.305 e. The molecule has 0 amide bonds. The minimum atomic E-state index is -1.14. The summed E-state index contributed by atoms with van der Waals surface area (Å²) < 4.78 is 9.77.